The summed E-state index contributed by atoms with van der Waals surface area (Å²) in [6.07, 6.45) is 4.27. The molecule has 0 spiro atoms. The summed E-state index contributed by atoms with van der Waals surface area (Å²) < 4.78 is 0. The molecule has 1 rings (SSSR count). The molecule has 0 unspecified atom stereocenters. The van der Waals surface area contributed by atoms with Crippen molar-refractivity contribution in [2.24, 2.45) is 0 Å². The molecule has 0 aliphatic heterocycles. The van der Waals surface area contributed by atoms with Crippen LogP contribution in [0.3, 0.4) is 0 Å². The predicted molar refractivity (Wildman–Crippen MR) is 62.0 cm³/mol. The molecule has 0 saturated carbocycles. The van der Waals surface area contributed by atoms with Crippen molar-refractivity contribution in [2.75, 3.05) is 0 Å². The van der Waals surface area contributed by atoms with Crippen LogP contribution in [0.1, 0.15) is 32.3 Å². The maximum absolute atomic E-state index is 3.20. The van der Waals surface area contributed by atoms with Crippen LogP contribution in [0.4, 0.5) is 0 Å². The highest BCUT2D eigenvalue weighted by atomic mass is 13.9. The van der Waals surface area contributed by atoms with Gasteiger partial charge in [0.1, 0.15) is 0 Å². The molecule has 0 fully saturated rings. The third-order valence-electron chi connectivity index (χ3n) is 1.97. The molecule has 72 valence electrons. The molecule has 0 heteroatoms. The first-order valence-corrected chi connectivity index (χ1v) is 5.13. The quantitative estimate of drug-likeness (QED) is 0.613. The first-order chi connectivity index (χ1) is 6.86. The van der Waals surface area contributed by atoms with Crippen LogP contribution >= 0.6 is 0 Å². The lowest BCUT2D eigenvalue weighted by molar-refractivity contribution is 1.11. The number of benzene rings is 1. The van der Waals surface area contributed by atoms with Gasteiger partial charge in [-0.2, -0.15) is 0 Å². The van der Waals surface area contributed by atoms with E-state index in [4.69, 9.17) is 0 Å². The van der Waals surface area contributed by atoms with E-state index >= 15 is 0 Å². The Morgan fingerprint density at radius 3 is 2.50 bits per heavy atom. The van der Waals surface area contributed by atoms with Crippen LogP contribution in [0.5, 0.6) is 0 Å². The SMILES string of the molecule is CC/C=C(/C#Cc1ccccc1)CC. The van der Waals surface area contributed by atoms with Gasteiger partial charge in [-0.3, -0.25) is 0 Å². The second-order valence-electron chi connectivity index (χ2n) is 3.11. The van der Waals surface area contributed by atoms with Crippen molar-refractivity contribution >= 4 is 0 Å². The average Bonchev–Trinajstić information content (AvgIpc) is 2.25. The molecule has 0 amide bonds. The third-order valence-corrected chi connectivity index (χ3v) is 1.97. The van der Waals surface area contributed by atoms with Crippen LogP contribution in [-0.4, -0.2) is 0 Å². The molecule has 0 aliphatic rings. The van der Waals surface area contributed by atoms with Crippen LogP contribution < -0.4 is 0 Å². The van der Waals surface area contributed by atoms with Gasteiger partial charge in [-0.25, -0.2) is 0 Å². The lowest BCUT2D eigenvalue weighted by atomic mass is 10.1. The van der Waals surface area contributed by atoms with E-state index in [0.717, 1.165) is 18.4 Å². The highest BCUT2D eigenvalue weighted by Crippen LogP contribution is 2.01. The number of rotatable bonds is 2. The largest absolute Gasteiger partial charge is 0.0732 e. The van der Waals surface area contributed by atoms with E-state index in [1.165, 1.54) is 5.57 Å². The number of hydrogen-bond acceptors (Lipinski definition) is 0. The second-order valence-corrected chi connectivity index (χ2v) is 3.11. The van der Waals surface area contributed by atoms with Gasteiger partial charge >= 0.3 is 0 Å². The first-order valence-electron chi connectivity index (χ1n) is 5.13. The Balaban J connectivity index is 2.77. The summed E-state index contributed by atoms with van der Waals surface area (Å²) in [5.74, 6) is 6.36. The summed E-state index contributed by atoms with van der Waals surface area (Å²) in [7, 11) is 0. The van der Waals surface area contributed by atoms with Gasteiger partial charge in [-0.05, 0) is 30.5 Å². The van der Waals surface area contributed by atoms with E-state index in [1.807, 2.05) is 30.3 Å². The van der Waals surface area contributed by atoms with Gasteiger partial charge in [0, 0.05) is 5.56 Å². The van der Waals surface area contributed by atoms with Crippen molar-refractivity contribution in [3.05, 3.63) is 47.5 Å². The summed E-state index contributed by atoms with van der Waals surface area (Å²) in [5.41, 5.74) is 2.32. The molecule has 0 nitrogen and oxygen atoms in total. The Hall–Kier alpha value is -1.48. The van der Waals surface area contributed by atoms with Crippen molar-refractivity contribution in [2.45, 2.75) is 26.7 Å². The number of hydrogen-bond donors (Lipinski definition) is 0. The summed E-state index contributed by atoms with van der Waals surface area (Å²) >= 11 is 0. The second kappa shape index (κ2) is 6.05. The third kappa shape index (κ3) is 3.49. The fraction of sp³-hybridized carbons (Fsp3) is 0.286. The first kappa shape index (κ1) is 10.6. The van der Waals surface area contributed by atoms with Crippen molar-refractivity contribution in [1.29, 1.82) is 0 Å². The Morgan fingerprint density at radius 1 is 1.21 bits per heavy atom. The van der Waals surface area contributed by atoms with Gasteiger partial charge in [0.05, 0.1) is 0 Å². The standard InChI is InChI=1S/C14H16/c1-3-8-13(4-2)11-12-14-9-6-5-7-10-14/h5-10H,3-4H2,1-2H3/b13-8+. The van der Waals surface area contributed by atoms with E-state index in [9.17, 15) is 0 Å². The Kier molecular flexibility index (Phi) is 4.58. The highest BCUT2D eigenvalue weighted by molar-refractivity contribution is 5.40. The molecular formula is C14H16. The zero-order chi connectivity index (χ0) is 10.2. The van der Waals surface area contributed by atoms with Gasteiger partial charge in [0.15, 0.2) is 0 Å². The Labute approximate surface area is 86.7 Å². The maximum Gasteiger partial charge on any atom is 0.0248 e. The van der Waals surface area contributed by atoms with E-state index in [-0.39, 0.29) is 0 Å². The van der Waals surface area contributed by atoms with Crippen LogP contribution in [0.2, 0.25) is 0 Å². The van der Waals surface area contributed by atoms with Gasteiger partial charge in [-0.15, -0.1) is 0 Å². The smallest absolute Gasteiger partial charge is 0.0248 e. The molecule has 0 N–H and O–H groups in total. The molecule has 0 saturated heterocycles. The molecule has 0 bridgehead atoms. The number of allylic oxidation sites excluding steroid dienone is 2. The highest BCUT2D eigenvalue weighted by Gasteiger charge is 1.86. The van der Waals surface area contributed by atoms with Crippen LogP contribution in [0.15, 0.2) is 42.0 Å². The predicted octanol–water partition coefficient (Wildman–Crippen LogP) is 3.78. The van der Waals surface area contributed by atoms with E-state index in [0.29, 0.717) is 0 Å². The maximum atomic E-state index is 3.20. The minimum atomic E-state index is 1.02. The lowest BCUT2D eigenvalue weighted by Crippen LogP contribution is -1.76. The average molecular weight is 184 g/mol. The minimum absolute atomic E-state index is 1.02. The zero-order valence-corrected chi connectivity index (χ0v) is 8.88. The molecule has 0 aromatic heterocycles. The topological polar surface area (TPSA) is 0 Å². The van der Waals surface area contributed by atoms with Gasteiger partial charge in [0.25, 0.3) is 0 Å². The molecule has 1 aromatic rings. The minimum Gasteiger partial charge on any atom is -0.0732 e. The van der Waals surface area contributed by atoms with Crippen molar-refractivity contribution in [3.8, 4) is 11.8 Å². The van der Waals surface area contributed by atoms with Gasteiger partial charge in [-0.1, -0.05) is 50.0 Å². The molecule has 0 atom stereocenters. The molecule has 14 heavy (non-hydrogen) atoms. The fourth-order valence-corrected chi connectivity index (χ4v) is 1.20. The van der Waals surface area contributed by atoms with Crippen molar-refractivity contribution in [1.82, 2.24) is 0 Å². The zero-order valence-electron chi connectivity index (χ0n) is 8.88. The van der Waals surface area contributed by atoms with Crippen LogP contribution in [0.25, 0.3) is 0 Å². The van der Waals surface area contributed by atoms with Crippen molar-refractivity contribution in [3.63, 3.8) is 0 Å². The molecule has 0 radical (unpaired) electrons. The Morgan fingerprint density at radius 2 is 1.93 bits per heavy atom. The van der Waals surface area contributed by atoms with Gasteiger partial charge in [0.2, 0.25) is 0 Å². The van der Waals surface area contributed by atoms with Crippen molar-refractivity contribution < 1.29 is 0 Å². The summed E-state index contributed by atoms with van der Waals surface area (Å²) in [6.45, 7) is 4.28. The van der Waals surface area contributed by atoms with E-state index in [1.54, 1.807) is 0 Å². The van der Waals surface area contributed by atoms with Gasteiger partial charge < -0.3 is 0 Å². The lowest BCUT2D eigenvalue weighted by Gasteiger charge is -1.91. The molecule has 1 aromatic carbocycles. The molecule has 0 heterocycles. The van der Waals surface area contributed by atoms with Crippen LogP contribution in [0, 0.1) is 11.8 Å². The van der Waals surface area contributed by atoms with Crippen LogP contribution in [-0.2, 0) is 0 Å². The molecule has 0 aliphatic carbocycles. The van der Waals surface area contributed by atoms with E-state index < -0.39 is 0 Å². The fourth-order valence-electron chi connectivity index (χ4n) is 1.20. The molecular weight excluding hydrogens is 168 g/mol. The summed E-state index contributed by atoms with van der Waals surface area (Å²) in [6, 6.07) is 10.1. The summed E-state index contributed by atoms with van der Waals surface area (Å²) in [4.78, 5) is 0. The summed E-state index contributed by atoms with van der Waals surface area (Å²) in [5, 5.41) is 0. The monoisotopic (exact) mass is 184 g/mol. The van der Waals surface area contributed by atoms with E-state index in [2.05, 4.69) is 31.8 Å². The Bertz CT molecular complexity index is 347. The normalized spacial score (nSPS) is 10.6.